The van der Waals surface area contributed by atoms with Crippen molar-refractivity contribution < 1.29 is 22.8 Å². The van der Waals surface area contributed by atoms with Crippen molar-refractivity contribution in [2.75, 3.05) is 16.4 Å². The molecule has 0 saturated heterocycles. The summed E-state index contributed by atoms with van der Waals surface area (Å²) in [5.41, 5.74) is 1.14. The third-order valence-corrected chi connectivity index (χ3v) is 5.64. The highest BCUT2D eigenvalue weighted by molar-refractivity contribution is 7.99. The Labute approximate surface area is 192 Å². The average molecular weight is 478 g/mol. The molecule has 11 heteroatoms. The molecule has 1 heterocycles. The molecule has 2 N–H and O–H groups in total. The van der Waals surface area contributed by atoms with Crippen LogP contribution in [-0.2, 0) is 28.7 Å². The lowest BCUT2D eigenvalue weighted by atomic mass is 10.2. The second-order valence-electron chi connectivity index (χ2n) is 7.09. The fourth-order valence-corrected chi connectivity index (χ4v) is 3.82. The number of nitrogens with zero attached hydrogens (tertiary/aromatic N) is 3. The van der Waals surface area contributed by atoms with Crippen molar-refractivity contribution in [2.45, 2.75) is 38.1 Å². The Morgan fingerprint density at radius 3 is 2.33 bits per heavy atom. The molecule has 0 saturated carbocycles. The molecule has 0 fully saturated rings. The Bertz CT molecular complexity index is 1130. The summed E-state index contributed by atoms with van der Waals surface area (Å²) in [7, 11) is 0. The van der Waals surface area contributed by atoms with E-state index in [0.717, 1.165) is 35.1 Å². The SMILES string of the molecule is CCn1c(CC(=O)Nc2ccccc2C)nnc1SCC(=O)Nc1ccc(C(F)(F)F)cc1. The van der Waals surface area contributed by atoms with Gasteiger partial charge in [-0.05, 0) is 49.7 Å². The smallest absolute Gasteiger partial charge is 0.325 e. The standard InChI is InChI=1S/C22H22F3N5O2S/c1-3-30-18(12-19(31)27-17-7-5-4-6-14(17)2)28-29-21(30)33-13-20(32)26-16-10-8-15(9-11-16)22(23,24)25/h4-11H,3,12-13H2,1-2H3,(H,26,32)(H,27,31). The van der Waals surface area contributed by atoms with Gasteiger partial charge in [0.05, 0.1) is 17.7 Å². The van der Waals surface area contributed by atoms with E-state index in [-0.39, 0.29) is 23.8 Å². The molecule has 0 bridgehead atoms. The van der Waals surface area contributed by atoms with Gasteiger partial charge in [-0.25, -0.2) is 0 Å². The van der Waals surface area contributed by atoms with E-state index >= 15 is 0 Å². The van der Waals surface area contributed by atoms with Gasteiger partial charge in [-0.3, -0.25) is 9.59 Å². The van der Waals surface area contributed by atoms with E-state index in [1.54, 1.807) is 4.57 Å². The van der Waals surface area contributed by atoms with Crippen molar-refractivity contribution >= 4 is 35.0 Å². The molecule has 1 aromatic heterocycles. The van der Waals surface area contributed by atoms with Gasteiger partial charge in [0.1, 0.15) is 5.82 Å². The molecule has 2 aromatic carbocycles. The molecule has 0 unspecified atom stereocenters. The summed E-state index contributed by atoms with van der Waals surface area (Å²) in [6, 6.07) is 11.6. The summed E-state index contributed by atoms with van der Waals surface area (Å²) in [6.45, 7) is 4.27. The van der Waals surface area contributed by atoms with Gasteiger partial charge in [0.15, 0.2) is 5.16 Å². The Balaban J connectivity index is 1.56. The molecule has 7 nitrogen and oxygen atoms in total. The first kappa shape index (κ1) is 24.3. The van der Waals surface area contributed by atoms with Gasteiger partial charge in [-0.1, -0.05) is 30.0 Å². The zero-order chi connectivity index (χ0) is 24.0. The number of alkyl halides is 3. The van der Waals surface area contributed by atoms with Crippen LogP contribution in [0.4, 0.5) is 24.5 Å². The van der Waals surface area contributed by atoms with Crippen molar-refractivity contribution in [3.05, 3.63) is 65.5 Å². The maximum atomic E-state index is 12.6. The lowest BCUT2D eigenvalue weighted by molar-refractivity contribution is -0.137. The van der Waals surface area contributed by atoms with Gasteiger partial charge >= 0.3 is 6.18 Å². The maximum Gasteiger partial charge on any atom is 0.416 e. The third kappa shape index (κ3) is 6.58. The molecule has 0 aliphatic heterocycles. The molecular formula is C22H22F3N5O2S. The highest BCUT2D eigenvalue weighted by Gasteiger charge is 2.30. The van der Waals surface area contributed by atoms with Gasteiger partial charge in [-0.15, -0.1) is 10.2 Å². The predicted molar refractivity (Wildman–Crippen MR) is 120 cm³/mol. The van der Waals surface area contributed by atoms with E-state index in [0.29, 0.717) is 17.5 Å². The number of aryl methyl sites for hydroxylation is 1. The number of rotatable bonds is 8. The number of thioether (sulfide) groups is 1. The molecule has 0 aliphatic carbocycles. The van der Waals surface area contributed by atoms with Crippen LogP contribution in [0.3, 0.4) is 0 Å². The summed E-state index contributed by atoms with van der Waals surface area (Å²) >= 11 is 1.13. The van der Waals surface area contributed by atoms with Crippen LogP contribution in [0.5, 0.6) is 0 Å². The number of benzene rings is 2. The lowest BCUT2D eigenvalue weighted by Crippen LogP contribution is -2.18. The van der Waals surface area contributed by atoms with Gasteiger partial charge < -0.3 is 15.2 Å². The lowest BCUT2D eigenvalue weighted by Gasteiger charge is -2.10. The molecule has 3 aromatic rings. The largest absolute Gasteiger partial charge is 0.416 e. The van der Waals surface area contributed by atoms with Crippen LogP contribution in [0.2, 0.25) is 0 Å². The van der Waals surface area contributed by atoms with Gasteiger partial charge in [-0.2, -0.15) is 13.2 Å². The van der Waals surface area contributed by atoms with Gasteiger partial charge in [0, 0.05) is 17.9 Å². The van der Waals surface area contributed by atoms with Crippen LogP contribution in [0, 0.1) is 6.92 Å². The van der Waals surface area contributed by atoms with Crippen molar-refractivity contribution in [1.29, 1.82) is 0 Å². The van der Waals surface area contributed by atoms with Gasteiger partial charge in [0.2, 0.25) is 11.8 Å². The summed E-state index contributed by atoms with van der Waals surface area (Å²) < 4.78 is 39.7. The zero-order valence-electron chi connectivity index (χ0n) is 17.9. The predicted octanol–water partition coefficient (Wildman–Crippen LogP) is 4.54. The third-order valence-electron chi connectivity index (χ3n) is 4.68. The summed E-state index contributed by atoms with van der Waals surface area (Å²) in [4.78, 5) is 24.6. The maximum absolute atomic E-state index is 12.6. The quantitative estimate of drug-likeness (QED) is 0.465. The molecule has 0 aliphatic rings. The van der Waals surface area contributed by atoms with Gasteiger partial charge in [0.25, 0.3) is 0 Å². The average Bonchev–Trinajstić information content (AvgIpc) is 3.15. The first-order valence-electron chi connectivity index (χ1n) is 10.0. The number of aromatic nitrogens is 3. The number of nitrogens with one attached hydrogen (secondary N) is 2. The highest BCUT2D eigenvalue weighted by atomic mass is 32.2. The van der Waals surface area contributed by atoms with E-state index < -0.39 is 17.6 Å². The molecule has 33 heavy (non-hydrogen) atoms. The number of carbonyl (C=O) groups is 2. The van der Waals surface area contributed by atoms with E-state index in [9.17, 15) is 22.8 Å². The van der Waals surface area contributed by atoms with Crippen molar-refractivity contribution in [2.24, 2.45) is 0 Å². The molecule has 174 valence electrons. The fraction of sp³-hybridized carbons (Fsp3) is 0.273. The van der Waals surface area contributed by atoms with Crippen LogP contribution in [0.25, 0.3) is 0 Å². The monoisotopic (exact) mass is 477 g/mol. The number of hydrogen-bond acceptors (Lipinski definition) is 5. The second-order valence-corrected chi connectivity index (χ2v) is 8.04. The number of halogens is 3. The molecule has 0 radical (unpaired) electrons. The number of anilines is 2. The molecule has 0 atom stereocenters. The Morgan fingerprint density at radius 2 is 1.70 bits per heavy atom. The molecular weight excluding hydrogens is 455 g/mol. The molecule has 2 amide bonds. The normalized spacial score (nSPS) is 11.3. The Kier molecular flexibility index (Phi) is 7.75. The fourth-order valence-electron chi connectivity index (χ4n) is 3.00. The van der Waals surface area contributed by atoms with Crippen LogP contribution in [0.1, 0.15) is 23.9 Å². The number of carbonyl (C=O) groups excluding carboxylic acids is 2. The van der Waals surface area contributed by atoms with Crippen LogP contribution >= 0.6 is 11.8 Å². The molecule has 3 rings (SSSR count). The first-order valence-corrected chi connectivity index (χ1v) is 11.0. The zero-order valence-corrected chi connectivity index (χ0v) is 18.8. The topological polar surface area (TPSA) is 88.9 Å². The van der Waals surface area contributed by atoms with E-state index in [2.05, 4.69) is 20.8 Å². The summed E-state index contributed by atoms with van der Waals surface area (Å²) in [5, 5.41) is 14.0. The minimum atomic E-state index is -4.43. The van der Waals surface area contributed by atoms with Crippen LogP contribution < -0.4 is 10.6 Å². The minimum absolute atomic E-state index is 0.0193. The minimum Gasteiger partial charge on any atom is -0.325 e. The van der Waals surface area contributed by atoms with E-state index in [1.807, 2.05) is 38.1 Å². The van der Waals surface area contributed by atoms with Crippen molar-refractivity contribution in [1.82, 2.24) is 14.8 Å². The molecule has 0 spiro atoms. The van der Waals surface area contributed by atoms with E-state index in [4.69, 9.17) is 0 Å². The Morgan fingerprint density at radius 1 is 1.00 bits per heavy atom. The second kappa shape index (κ2) is 10.5. The summed E-state index contributed by atoms with van der Waals surface area (Å²) in [6.07, 6.45) is -4.41. The first-order chi connectivity index (χ1) is 15.7. The number of para-hydroxylation sites is 1. The summed E-state index contributed by atoms with van der Waals surface area (Å²) in [5.74, 6) is -0.185. The van der Waals surface area contributed by atoms with Crippen LogP contribution in [0.15, 0.2) is 53.7 Å². The van der Waals surface area contributed by atoms with Crippen molar-refractivity contribution in [3.8, 4) is 0 Å². The van der Waals surface area contributed by atoms with Crippen LogP contribution in [-0.4, -0.2) is 32.3 Å². The number of amides is 2. The van der Waals surface area contributed by atoms with E-state index in [1.165, 1.54) is 12.1 Å². The Hall–Kier alpha value is -3.34. The number of hydrogen-bond donors (Lipinski definition) is 2. The highest BCUT2D eigenvalue weighted by Crippen LogP contribution is 2.30. The van der Waals surface area contributed by atoms with Crippen molar-refractivity contribution in [3.63, 3.8) is 0 Å².